The van der Waals surface area contributed by atoms with Crippen LogP contribution in [0.2, 0.25) is 0 Å². The van der Waals surface area contributed by atoms with Crippen LogP contribution in [0.4, 0.5) is 0 Å². The Morgan fingerprint density at radius 1 is 0.826 bits per heavy atom. The molecule has 1 rings (SSSR count). The zero-order valence-electron chi connectivity index (χ0n) is 15.7. The van der Waals surface area contributed by atoms with Gasteiger partial charge in [-0.05, 0) is 63.0 Å². The summed E-state index contributed by atoms with van der Waals surface area (Å²) in [5.41, 5.74) is 3.81. The molecule has 0 radical (unpaired) electrons. The summed E-state index contributed by atoms with van der Waals surface area (Å²) in [5, 5.41) is 0. The molecule has 0 aliphatic rings. The van der Waals surface area contributed by atoms with Gasteiger partial charge in [-0.1, -0.05) is 26.8 Å². The number of likely N-dealkylation sites (N-methyl/N-ethyl adjacent to an activating group) is 2. The molecule has 0 unspecified atom stereocenters. The van der Waals surface area contributed by atoms with Crippen molar-refractivity contribution >= 4 is 10.0 Å². The molecule has 0 bridgehead atoms. The van der Waals surface area contributed by atoms with Crippen LogP contribution in [0.25, 0.3) is 0 Å². The van der Waals surface area contributed by atoms with Crippen molar-refractivity contribution in [3.05, 3.63) is 28.3 Å². The van der Waals surface area contributed by atoms with E-state index in [0.717, 1.165) is 41.9 Å². The van der Waals surface area contributed by atoms with Gasteiger partial charge in [-0.2, -0.15) is 4.31 Å². The highest BCUT2D eigenvalue weighted by molar-refractivity contribution is 7.89. The maximum absolute atomic E-state index is 13.2. The largest absolute Gasteiger partial charge is 0.303 e. The van der Waals surface area contributed by atoms with Crippen LogP contribution in [0.1, 0.15) is 43.0 Å². The lowest BCUT2D eigenvalue weighted by Crippen LogP contribution is -2.39. The first-order valence-corrected chi connectivity index (χ1v) is 9.94. The van der Waals surface area contributed by atoms with Gasteiger partial charge in [0, 0.05) is 19.6 Å². The van der Waals surface area contributed by atoms with E-state index in [0.29, 0.717) is 18.0 Å². The van der Waals surface area contributed by atoms with Gasteiger partial charge in [0.05, 0.1) is 4.90 Å². The second kappa shape index (κ2) is 8.27. The molecule has 0 fully saturated rings. The van der Waals surface area contributed by atoms with Crippen LogP contribution in [-0.4, -0.2) is 50.3 Å². The van der Waals surface area contributed by atoms with E-state index < -0.39 is 10.0 Å². The molecule has 0 aromatic heterocycles. The molecular weight excluding hydrogens is 308 g/mol. The number of sulfonamides is 1. The zero-order valence-corrected chi connectivity index (χ0v) is 16.5. The highest BCUT2D eigenvalue weighted by atomic mass is 32.2. The summed E-state index contributed by atoms with van der Waals surface area (Å²) in [6.07, 6.45) is 0. The van der Waals surface area contributed by atoms with Crippen LogP contribution in [0.15, 0.2) is 11.0 Å². The minimum absolute atomic E-state index is 0.496. The fraction of sp³-hybridized carbons (Fsp3) is 0.667. The number of nitrogens with zero attached hydrogens (tertiary/aromatic N) is 2. The quantitative estimate of drug-likeness (QED) is 0.729. The maximum Gasteiger partial charge on any atom is 0.243 e. The van der Waals surface area contributed by atoms with E-state index in [4.69, 9.17) is 0 Å². The van der Waals surface area contributed by atoms with E-state index in [1.165, 1.54) is 0 Å². The lowest BCUT2D eigenvalue weighted by molar-refractivity contribution is 0.274. The first-order valence-electron chi connectivity index (χ1n) is 8.50. The fourth-order valence-corrected chi connectivity index (χ4v) is 4.95. The van der Waals surface area contributed by atoms with Gasteiger partial charge in [-0.15, -0.1) is 0 Å². The summed E-state index contributed by atoms with van der Waals surface area (Å²) >= 11 is 0. The summed E-state index contributed by atoms with van der Waals surface area (Å²) in [6.45, 7) is 17.6. The minimum Gasteiger partial charge on any atom is -0.303 e. The predicted molar refractivity (Wildman–Crippen MR) is 97.6 cm³/mol. The maximum atomic E-state index is 13.2. The molecule has 0 N–H and O–H groups in total. The van der Waals surface area contributed by atoms with Crippen LogP contribution < -0.4 is 0 Å². The van der Waals surface area contributed by atoms with Gasteiger partial charge < -0.3 is 4.90 Å². The number of rotatable bonds is 8. The first kappa shape index (κ1) is 20.1. The van der Waals surface area contributed by atoms with Crippen LogP contribution in [0.5, 0.6) is 0 Å². The Morgan fingerprint density at radius 2 is 1.30 bits per heavy atom. The summed E-state index contributed by atoms with van der Waals surface area (Å²) in [6, 6.07) is 2.07. The Morgan fingerprint density at radius 3 is 1.70 bits per heavy atom. The van der Waals surface area contributed by atoms with Gasteiger partial charge in [0.15, 0.2) is 0 Å². The standard InChI is InChI=1S/C18H32N2O2S/c1-8-19(9-2)11-12-20(10-3)23(21,22)18-16(6)14(4)13-15(5)17(18)7/h13H,8-12H2,1-7H3. The molecule has 0 atom stereocenters. The molecule has 1 aromatic rings. The second-order valence-corrected chi connectivity index (χ2v) is 7.99. The van der Waals surface area contributed by atoms with Crippen molar-refractivity contribution in [3.63, 3.8) is 0 Å². The fourth-order valence-electron chi connectivity index (χ4n) is 2.94. The molecule has 0 saturated carbocycles. The third-order valence-corrected chi connectivity index (χ3v) is 7.06. The van der Waals surface area contributed by atoms with E-state index in [1.807, 2.05) is 34.6 Å². The van der Waals surface area contributed by atoms with Gasteiger partial charge in [-0.25, -0.2) is 8.42 Å². The highest BCUT2D eigenvalue weighted by Gasteiger charge is 2.28. The van der Waals surface area contributed by atoms with Crippen LogP contribution in [0.3, 0.4) is 0 Å². The molecule has 4 nitrogen and oxygen atoms in total. The van der Waals surface area contributed by atoms with Crippen molar-refractivity contribution in [1.82, 2.24) is 9.21 Å². The first-order chi connectivity index (χ1) is 10.7. The van der Waals surface area contributed by atoms with E-state index in [1.54, 1.807) is 4.31 Å². The lowest BCUT2D eigenvalue weighted by Gasteiger charge is -2.27. The van der Waals surface area contributed by atoms with Crippen LogP contribution in [-0.2, 0) is 10.0 Å². The number of benzene rings is 1. The highest BCUT2D eigenvalue weighted by Crippen LogP contribution is 2.28. The average molecular weight is 341 g/mol. The molecule has 0 saturated heterocycles. The Hall–Kier alpha value is -0.910. The molecular formula is C18H32N2O2S. The molecule has 132 valence electrons. The second-order valence-electron chi connectivity index (χ2n) is 6.11. The molecule has 23 heavy (non-hydrogen) atoms. The topological polar surface area (TPSA) is 40.6 Å². The molecule has 1 aromatic carbocycles. The van der Waals surface area contributed by atoms with Crippen LogP contribution >= 0.6 is 0 Å². The Balaban J connectivity index is 3.23. The zero-order chi connectivity index (χ0) is 17.8. The van der Waals surface area contributed by atoms with Gasteiger partial charge in [0.2, 0.25) is 10.0 Å². The molecule has 0 aliphatic heterocycles. The smallest absolute Gasteiger partial charge is 0.243 e. The number of aryl methyl sites for hydroxylation is 2. The monoisotopic (exact) mass is 340 g/mol. The molecule has 0 aliphatic carbocycles. The van der Waals surface area contributed by atoms with Crippen LogP contribution in [0, 0.1) is 27.7 Å². The Kier molecular flexibility index (Phi) is 7.24. The molecule has 0 amide bonds. The summed E-state index contributed by atoms with van der Waals surface area (Å²) in [4.78, 5) is 2.75. The van der Waals surface area contributed by atoms with Gasteiger partial charge in [0.1, 0.15) is 0 Å². The van der Waals surface area contributed by atoms with Crippen molar-refractivity contribution < 1.29 is 8.42 Å². The summed E-state index contributed by atoms with van der Waals surface area (Å²) in [5.74, 6) is 0. The van der Waals surface area contributed by atoms with Crippen molar-refractivity contribution in [1.29, 1.82) is 0 Å². The van der Waals surface area contributed by atoms with Gasteiger partial charge in [0.25, 0.3) is 0 Å². The Bertz CT molecular complexity index is 609. The van der Waals surface area contributed by atoms with Crippen molar-refractivity contribution in [3.8, 4) is 0 Å². The molecule has 5 heteroatoms. The van der Waals surface area contributed by atoms with E-state index >= 15 is 0 Å². The van der Waals surface area contributed by atoms with Crippen molar-refractivity contribution in [2.24, 2.45) is 0 Å². The van der Waals surface area contributed by atoms with E-state index in [2.05, 4.69) is 24.8 Å². The number of hydrogen-bond donors (Lipinski definition) is 0. The third kappa shape index (κ3) is 4.34. The SMILES string of the molecule is CCN(CC)CCN(CC)S(=O)(=O)c1c(C)c(C)cc(C)c1C. The lowest BCUT2D eigenvalue weighted by atomic mass is 10.0. The normalized spacial score (nSPS) is 12.4. The van der Waals surface area contributed by atoms with Gasteiger partial charge in [-0.3, -0.25) is 0 Å². The summed E-state index contributed by atoms with van der Waals surface area (Å²) in [7, 11) is -3.46. The van der Waals surface area contributed by atoms with Gasteiger partial charge >= 0.3 is 0 Å². The predicted octanol–water partition coefficient (Wildman–Crippen LogP) is 3.27. The number of hydrogen-bond acceptors (Lipinski definition) is 3. The Labute approximate surface area is 142 Å². The van der Waals surface area contributed by atoms with Crippen molar-refractivity contribution in [2.75, 3.05) is 32.7 Å². The summed E-state index contributed by atoms with van der Waals surface area (Å²) < 4.78 is 28.0. The van der Waals surface area contributed by atoms with E-state index in [-0.39, 0.29) is 0 Å². The van der Waals surface area contributed by atoms with E-state index in [9.17, 15) is 8.42 Å². The minimum atomic E-state index is -3.46. The van der Waals surface area contributed by atoms with Crippen molar-refractivity contribution in [2.45, 2.75) is 53.4 Å². The molecule has 0 spiro atoms. The third-order valence-electron chi connectivity index (χ3n) is 4.81. The molecule has 0 heterocycles. The average Bonchev–Trinajstić information content (AvgIpc) is 2.49.